The largest absolute Gasteiger partial charge is 0.369 e. The van der Waals surface area contributed by atoms with E-state index in [4.69, 9.17) is 12.2 Å². The van der Waals surface area contributed by atoms with E-state index >= 15 is 0 Å². The van der Waals surface area contributed by atoms with Gasteiger partial charge in [0.05, 0.1) is 10.5 Å². The number of fused-ring (bicyclic) bond motifs is 1. The highest BCUT2D eigenvalue weighted by atomic mass is 32.2. The van der Waals surface area contributed by atoms with E-state index in [0.717, 1.165) is 6.42 Å². The van der Waals surface area contributed by atoms with E-state index in [2.05, 4.69) is 24.1 Å². The average Bonchev–Trinajstić information content (AvgIpc) is 2.95. The zero-order valence-corrected chi connectivity index (χ0v) is 18.1. The average molecular weight is 417 g/mol. The third-order valence-electron chi connectivity index (χ3n) is 4.58. The van der Waals surface area contributed by atoms with Gasteiger partial charge in [-0.25, -0.2) is 4.98 Å². The van der Waals surface area contributed by atoms with Crippen LogP contribution >= 0.6 is 24.0 Å². The second-order valence-electron chi connectivity index (χ2n) is 7.19. The number of pyridine rings is 1. The fourth-order valence-corrected chi connectivity index (χ4v) is 4.29. The van der Waals surface area contributed by atoms with E-state index in [1.165, 1.54) is 16.2 Å². The second-order valence-corrected chi connectivity index (χ2v) is 8.87. The molecule has 0 bridgehead atoms. The van der Waals surface area contributed by atoms with Gasteiger partial charge in [0, 0.05) is 18.8 Å². The minimum absolute atomic E-state index is 0.0211. The molecule has 28 heavy (non-hydrogen) atoms. The highest BCUT2D eigenvalue weighted by Crippen LogP contribution is 2.34. The lowest BCUT2D eigenvalue weighted by Gasteiger charge is -2.21. The van der Waals surface area contributed by atoms with Crippen LogP contribution in [0.3, 0.4) is 0 Å². The molecule has 1 aliphatic heterocycles. The van der Waals surface area contributed by atoms with Gasteiger partial charge in [-0.3, -0.25) is 18.9 Å². The number of hydrogen-bond donors (Lipinski definition) is 1. The molecule has 1 amide bonds. The van der Waals surface area contributed by atoms with Crippen molar-refractivity contribution < 1.29 is 4.79 Å². The predicted molar refractivity (Wildman–Crippen MR) is 120 cm³/mol. The van der Waals surface area contributed by atoms with Gasteiger partial charge in [0.15, 0.2) is 0 Å². The third kappa shape index (κ3) is 3.98. The first kappa shape index (κ1) is 20.5. The van der Waals surface area contributed by atoms with E-state index < -0.39 is 0 Å². The van der Waals surface area contributed by atoms with Gasteiger partial charge >= 0.3 is 0 Å². The van der Waals surface area contributed by atoms with Crippen molar-refractivity contribution in [1.29, 1.82) is 0 Å². The molecule has 0 saturated carbocycles. The number of carbonyl (C=O) groups excluding carboxylic acids is 1. The molecule has 0 aromatic carbocycles. The molecule has 8 heteroatoms. The Labute approximate surface area is 174 Å². The number of nitrogens with one attached hydrogen (secondary N) is 1. The van der Waals surface area contributed by atoms with Crippen molar-refractivity contribution >= 4 is 51.7 Å². The Kier molecular flexibility index (Phi) is 6.20. The normalized spacial score (nSPS) is 17.2. The Morgan fingerprint density at radius 2 is 2.04 bits per heavy atom. The highest BCUT2D eigenvalue weighted by Gasteiger charge is 2.35. The summed E-state index contributed by atoms with van der Waals surface area (Å²) in [6.07, 6.45) is 4.11. The monoisotopic (exact) mass is 416 g/mol. The Morgan fingerprint density at radius 3 is 2.71 bits per heavy atom. The lowest BCUT2D eigenvalue weighted by atomic mass is 10.2. The molecule has 0 aliphatic carbocycles. The van der Waals surface area contributed by atoms with Crippen LogP contribution in [0.1, 0.15) is 39.7 Å². The molecule has 2 aromatic rings. The van der Waals surface area contributed by atoms with Crippen molar-refractivity contribution in [1.82, 2.24) is 14.3 Å². The number of hydrogen-bond acceptors (Lipinski definition) is 6. The molecular weight excluding hydrogens is 392 g/mol. The molecule has 1 saturated heterocycles. The number of nitrogens with zero attached hydrogens (tertiary/aromatic N) is 3. The molecule has 1 N–H and O–H groups in total. The summed E-state index contributed by atoms with van der Waals surface area (Å²) in [6.45, 7) is 8.82. The van der Waals surface area contributed by atoms with Crippen LogP contribution in [-0.2, 0) is 4.79 Å². The molecule has 2 aromatic heterocycles. The van der Waals surface area contributed by atoms with Crippen LogP contribution in [0, 0.1) is 5.92 Å². The molecule has 6 nitrogen and oxygen atoms in total. The fraction of sp³-hybridized carbons (Fsp3) is 0.400. The zero-order valence-electron chi connectivity index (χ0n) is 16.4. The Morgan fingerprint density at radius 1 is 1.29 bits per heavy atom. The second kappa shape index (κ2) is 8.45. The number of amides is 1. The van der Waals surface area contributed by atoms with Crippen LogP contribution in [0.25, 0.3) is 11.7 Å². The molecule has 0 radical (unpaired) electrons. The third-order valence-corrected chi connectivity index (χ3v) is 5.91. The fourth-order valence-electron chi connectivity index (χ4n) is 2.84. The molecule has 1 unspecified atom stereocenters. The van der Waals surface area contributed by atoms with E-state index in [0.29, 0.717) is 38.7 Å². The van der Waals surface area contributed by atoms with Crippen molar-refractivity contribution in [2.45, 2.75) is 40.2 Å². The van der Waals surface area contributed by atoms with Crippen LogP contribution in [0.2, 0.25) is 0 Å². The van der Waals surface area contributed by atoms with Gasteiger partial charge < -0.3 is 5.32 Å². The van der Waals surface area contributed by atoms with Crippen LogP contribution in [0.4, 0.5) is 5.82 Å². The molecule has 1 atom stereocenters. The summed E-state index contributed by atoms with van der Waals surface area (Å²) in [5.74, 6) is 0.711. The first-order chi connectivity index (χ1) is 13.3. The van der Waals surface area contributed by atoms with Gasteiger partial charge in [0.2, 0.25) is 0 Å². The number of rotatable bonds is 6. The van der Waals surface area contributed by atoms with Crippen LogP contribution in [0.5, 0.6) is 0 Å². The molecule has 3 heterocycles. The number of thioether (sulfide) groups is 1. The zero-order chi connectivity index (χ0) is 20.4. The quantitative estimate of drug-likeness (QED) is 0.571. The van der Waals surface area contributed by atoms with E-state index in [9.17, 15) is 9.59 Å². The molecule has 3 rings (SSSR count). The summed E-state index contributed by atoms with van der Waals surface area (Å²) in [6, 6.07) is 5.43. The summed E-state index contributed by atoms with van der Waals surface area (Å²) in [7, 11) is 0. The minimum atomic E-state index is -0.217. The van der Waals surface area contributed by atoms with Crippen LogP contribution < -0.4 is 10.9 Å². The van der Waals surface area contributed by atoms with Gasteiger partial charge in [-0.2, -0.15) is 0 Å². The van der Waals surface area contributed by atoms with Crippen molar-refractivity contribution in [2.24, 2.45) is 5.92 Å². The smallest absolute Gasteiger partial charge is 0.267 e. The Balaban J connectivity index is 2.11. The lowest BCUT2D eigenvalue weighted by molar-refractivity contribution is -0.123. The van der Waals surface area contributed by atoms with E-state index in [1.54, 1.807) is 29.3 Å². The number of thiocarbonyl (C=S) groups is 1. The van der Waals surface area contributed by atoms with Gasteiger partial charge in [-0.05, 0) is 37.5 Å². The maximum atomic E-state index is 13.1. The van der Waals surface area contributed by atoms with E-state index in [1.807, 2.05) is 19.9 Å². The lowest BCUT2D eigenvalue weighted by Crippen LogP contribution is -2.36. The van der Waals surface area contributed by atoms with Crippen molar-refractivity contribution in [2.75, 3.05) is 11.9 Å². The van der Waals surface area contributed by atoms with Crippen molar-refractivity contribution in [3.63, 3.8) is 0 Å². The van der Waals surface area contributed by atoms with Gasteiger partial charge in [0.1, 0.15) is 15.8 Å². The topological polar surface area (TPSA) is 66.7 Å². The summed E-state index contributed by atoms with van der Waals surface area (Å²) < 4.78 is 2.01. The maximum absolute atomic E-state index is 13.1. The van der Waals surface area contributed by atoms with Crippen LogP contribution in [-0.4, -0.2) is 37.1 Å². The molecule has 148 valence electrons. The molecule has 0 spiro atoms. The number of aromatic nitrogens is 2. The first-order valence-corrected chi connectivity index (χ1v) is 10.6. The number of carbonyl (C=O) groups is 1. The summed E-state index contributed by atoms with van der Waals surface area (Å²) >= 11 is 6.63. The summed E-state index contributed by atoms with van der Waals surface area (Å²) in [4.78, 5) is 32.7. The van der Waals surface area contributed by atoms with Crippen LogP contribution in [0.15, 0.2) is 34.1 Å². The van der Waals surface area contributed by atoms with E-state index in [-0.39, 0.29) is 17.5 Å². The molecule has 1 fully saturated rings. The highest BCUT2D eigenvalue weighted by molar-refractivity contribution is 8.26. The minimum Gasteiger partial charge on any atom is -0.369 e. The SMILES string of the molecule is CCC(C)N1C(=O)/C(=C\c2c(NCC(C)C)nc3ccccn3c2=O)SC1=S. The molecular formula is C20H24N4O2S2. The summed E-state index contributed by atoms with van der Waals surface area (Å²) in [5.41, 5.74) is 0.711. The van der Waals surface area contributed by atoms with Crippen molar-refractivity contribution in [3.8, 4) is 0 Å². The first-order valence-electron chi connectivity index (χ1n) is 9.35. The standard InChI is InChI=1S/C20H24N4O2S2/c1-5-13(4)24-19(26)15(28-20(24)27)10-14-17(21-11-12(2)3)22-16-8-6-7-9-23(16)18(14)25/h6-10,12-13,21H,5,11H2,1-4H3/b15-10+. The Hall–Kier alpha value is -2.19. The Bertz CT molecular complexity index is 1010. The van der Waals surface area contributed by atoms with Gasteiger partial charge in [-0.15, -0.1) is 0 Å². The van der Waals surface area contributed by atoms with Gasteiger partial charge in [0.25, 0.3) is 11.5 Å². The van der Waals surface area contributed by atoms with Gasteiger partial charge in [-0.1, -0.05) is 50.8 Å². The van der Waals surface area contributed by atoms with Crippen molar-refractivity contribution in [3.05, 3.63) is 45.2 Å². The maximum Gasteiger partial charge on any atom is 0.267 e. The predicted octanol–water partition coefficient (Wildman–Crippen LogP) is 3.76. The number of anilines is 1. The summed E-state index contributed by atoms with van der Waals surface area (Å²) in [5, 5.41) is 3.25. The molecule has 1 aliphatic rings.